The van der Waals surface area contributed by atoms with E-state index in [0.29, 0.717) is 5.39 Å². The van der Waals surface area contributed by atoms with Crippen LogP contribution in [0.15, 0.2) is 24.3 Å². The maximum absolute atomic E-state index is 11.6. The second-order valence-electron chi connectivity index (χ2n) is 3.34. The lowest BCUT2D eigenvalue weighted by atomic mass is 10.1. The van der Waals surface area contributed by atoms with E-state index < -0.39 is 11.0 Å². The van der Waals surface area contributed by atoms with E-state index in [9.17, 15) is 9.59 Å². The zero-order chi connectivity index (χ0) is 11.9. The minimum atomic E-state index is -1.03. The van der Waals surface area contributed by atoms with Crippen molar-refractivity contribution < 1.29 is 9.59 Å². The van der Waals surface area contributed by atoms with Crippen LogP contribution in [0.1, 0.15) is 10.4 Å². The third kappa shape index (κ3) is 1.52. The number of aromatic nitrogens is 1. The number of ketones is 1. The van der Waals surface area contributed by atoms with Crippen LogP contribution in [0, 0.1) is 0 Å². The third-order valence-electron chi connectivity index (χ3n) is 2.44. The molecule has 0 spiro atoms. The first-order valence-corrected chi connectivity index (χ1v) is 5.26. The molecule has 0 atom stereocenters. The van der Waals surface area contributed by atoms with E-state index in [1.54, 1.807) is 23.7 Å². The van der Waals surface area contributed by atoms with Crippen molar-refractivity contribution in [3.63, 3.8) is 0 Å². The van der Waals surface area contributed by atoms with Gasteiger partial charge in [-0.05, 0) is 17.7 Å². The Labute approximate surface area is 102 Å². The van der Waals surface area contributed by atoms with Gasteiger partial charge >= 0.3 is 0 Å². The molecule has 1 aromatic heterocycles. The van der Waals surface area contributed by atoms with Crippen molar-refractivity contribution in [2.45, 2.75) is 0 Å². The van der Waals surface area contributed by atoms with E-state index in [2.05, 4.69) is 0 Å². The van der Waals surface area contributed by atoms with Gasteiger partial charge in [-0.25, -0.2) is 0 Å². The fraction of sp³-hybridized carbons (Fsp3) is 0.0909. The molecule has 0 N–H and O–H groups in total. The molecule has 16 heavy (non-hydrogen) atoms. The highest BCUT2D eigenvalue weighted by atomic mass is 35.5. The Hall–Kier alpha value is -1.32. The number of nitrogens with zero attached hydrogens (tertiary/aromatic N) is 1. The number of benzene rings is 1. The van der Waals surface area contributed by atoms with E-state index in [4.69, 9.17) is 23.2 Å². The minimum absolute atomic E-state index is 0.166. The normalized spacial score (nSPS) is 10.7. The highest BCUT2D eigenvalue weighted by molar-refractivity contribution is 6.83. The molecule has 2 rings (SSSR count). The molecule has 1 heterocycles. The van der Waals surface area contributed by atoms with Crippen molar-refractivity contribution >= 4 is 45.1 Å². The van der Waals surface area contributed by atoms with E-state index in [0.717, 1.165) is 5.52 Å². The lowest BCUT2D eigenvalue weighted by Crippen LogP contribution is -2.07. The van der Waals surface area contributed by atoms with Crippen LogP contribution in [0.2, 0.25) is 5.15 Å². The van der Waals surface area contributed by atoms with Gasteiger partial charge in [0.2, 0.25) is 5.78 Å². The van der Waals surface area contributed by atoms with Crippen LogP contribution in [0.4, 0.5) is 0 Å². The lowest BCUT2D eigenvalue weighted by Gasteiger charge is -1.95. The standard InChI is InChI=1S/C11H7Cl2NO2/c1-14-7-5-3-2-4-6(7)8(10(14)12)9(15)11(13)16/h2-5H,1H3. The summed E-state index contributed by atoms with van der Waals surface area (Å²) in [6.07, 6.45) is 0. The van der Waals surface area contributed by atoms with Gasteiger partial charge in [0, 0.05) is 18.0 Å². The summed E-state index contributed by atoms with van der Waals surface area (Å²) in [5.74, 6) is -0.775. The van der Waals surface area contributed by atoms with Gasteiger partial charge in [-0.15, -0.1) is 0 Å². The summed E-state index contributed by atoms with van der Waals surface area (Å²) in [6, 6.07) is 7.15. The number of aryl methyl sites for hydroxylation is 1. The minimum Gasteiger partial charge on any atom is -0.334 e. The Bertz CT molecular complexity index is 601. The SMILES string of the molecule is Cn1c(Cl)c(C(=O)C(=O)Cl)c2ccccc21. The highest BCUT2D eigenvalue weighted by Gasteiger charge is 2.23. The summed E-state index contributed by atoms with van der Waals surface area (Å²) < 4.78 is 1.64. The average Bonchev–Trinajstić information content (AvgIpc) is 2.52. The first-order valence-electron chi connectivity index (χ1n) is 4.51. The van der Waals surface area contributed by atoms with Crippen molar-refractivity contribution in [1.29, 1.82) is 0 Å². The quantitative estimate of drug-likeness (QED) is 0.470. The summed E-state index contributed by atoms with van der Waals surface area (Å²) in [4.78, 5) is 22.5. The van der Waals surface area contributed by atoms with Gasteiger partial charge < -0.3 is 4.57 Å². The van der Waals surface area contributed by atoms with Gasteiger partial charge in [0.05, 0.1) is 5.56 Å². The fourth-order valence-corrected chi connectivity index (χ4v) is 2.05. The zero-order valence-corrected chi connectivity index (χ0v) is 9.84. The molecule has 0 saturated heterocycles. The highest BCUT2D eigenvalue weighted by Crippen LogP contribution is 2.29. The number of fused-ring (bicyclic) bond motifs is 1. The monoisotopic (exact) mass is 255 g/mol. The van der Waals surface area contributed by atoms with Gasteiger partial charge in [-0.3, -0.25) is 9.59 Å². The molecule has 0 saturated carbocycles. The third-order valence-corrected chi connectivity index (χ3v) is 3.06. The summed E-state index contributed by atoms with van der Waals surface area (Å²) in [6.45, 7) is 0. The first kappa shape index (κ1) is 11.2. The number of hydrogen-bond donors (Lipinski definition) is 0. The number of rotatable bonds is 2. The number of halogens is 2. The molecule has 0 radical (unpaired) electrons. The predicted octanol–water partition coefficient (Wildman–Crippen LogP) is 2.78. The Kier molecular flexibility index (Phi) is 2.74. The molecule has 0 aliphatic heterocycles. The molecule has 0 unspecified atom stereocenters. The number of Topliss-reactive ketones (excluding diaryl/α,β-unsaturated/α-hetero) is 1. The van der Waals surface area contributed by atoms with Crippen molar-refractivity contribution in [2.24, 2.45) is 7.05 Å². The molecule has 2 aromatic rings. The molecule has 0 amide bonds. The summed E-state index contributed by atoms with van der Waals surface area (Å²) >= 11 is 11.2. The molecule has 82 valence electrons. The number of carbonyl (C=O) groups excluding carboxylic acids is 2. The summed E-state index contributed by atoms with van der Waals surface area (Å²) in [7, 11) is 1.72. The Morgan fingerprint density at radius 1 is 1.25 bits per heavy atom. The maximum atomic E-state index is 11.6. The zero-order valence-electron chi connectivity index (χ0n) is 8.33. The predicted molar refractivity (Wildman–Crippen MR) is 63.1 cm³/mol. The van der Waals surface area contributed by atoms with Crippen molar-refractivity contribution in [3.05, 3.63) is 35.0 Å². The van der Waals surface area contributed by atoms with Crippen LogP contribution in [0.5, 0.6) is 0 Å². The van der Waals surface area contributed by atoms with E-state index in [1.165, 1.54) is 0 Å². The molecule has 3 nitrogen and oxygen atoms in total. The Morgan fingerprint density at radius 2 is 1.88 bits per heavy atom. The van der Waals surface area contributed by atoms with E-state index in [-0.39, 0.29) is 10.7 Å². The molecule has 0 aliphatic rings. The van der Waals surface area contributed by atoms with Crippen LogP contribution in [-0.2, 0) is 11.8 Å². The second-order valence-corrected chi connectivity index (χ2v) is 4.05. The topological polar surface area (TPSA) is 39.1 Å². The maximum Gasteiger partial charge on any atom is 0.293 e. The largest absolute Gasteiger partial charge is 0.334 e. The lowest BCUT2D eigenvalue weighted by molar-refractivity contribution is -0.108. The van der Waals surface area contributed by atoms with Gasteiger partial charge in [-0.1, -0.05) is 29.8 Å². The Morgan fingerprint density at radius 3 is 2.50 bits per heavy atom. The molecule has 0 bridgehead atoms. The van der Waals surface area contributed by atoms with Crippen LogP contribution < -0.4 is 0 Å². The van der Waals surface area contributed by atoms with Crippen molar-refractivity contribution in [2.75, 3.05) is 0 Å². The van der Waals surface area contributed by atoms with Gasteiger partial charge in [-0.2, -0.15) is 0 Å². The smallest absolute Gasteiger partial charge is 0.293 e. The molecule has 5 heteroatoms. The van der Waals surface area contributed by atoms with Gasteiger partial charge in [0.15, 0.2) is 0 Å². The molecule has 0 aliphatic carbocycles. The fourth-order valence-electron chi connectivity index (χ4n) is 1.68. The summed E-state index contributed by atoms with van der Waals surface area (Å²) in [5, 5.41) is -0.174. The van der Waals surface area contributed by atoms with Gasteiger partial charge in [0.1, 0.15) is 5.15 Å². The van der Waals surface area contributed by atoms with Crippen LogP contribution >= 0.6 is 23.2 Å². The second kappa shape index (κ2) is 3.92. The van der Waals surface area contributed by atoms with Gasteiger partial charge in [0.25, 0.3) is 5.24 Å². The Balaban J connectivity index is 2.84. The van der Waals surface area contributed by atoms with Crippen molar-refractivity contribution in [3.8, 4) is 0 Å². The molecule has 0 fully saturated rings. The molecular weight excluding hydrogens is 249 g/mol. The number of carbonyl (C=O) groups is 2. The number of hydrogen-bond acceptors (Lipinski definition) is 2. The average molecular weight is 256 g/mol. The van der Waals surface area contributed by atoms with E-state index in [1.807, 2.05) is 12.1 Å². The summed E-state index contributed by atoms with van der Waals surface area (Å²) in [5.41, 5.74) is 0.952. The van der Waals surface area contributed by atoms with Crippen LogP contribution in [0.3, 0.4) is 0 Å². The molecular formula is C11H7Cl2NO2. The first-order chi connectivity index (χ1) is 7.54. The van der Waals surface area contributed by atoms with Crippen LogP contribution in [-0.4, -0.2) is 15.6 Å². The molecule has 1 aromatic carbocycles. The van der Waals surface area contributed by atoms with E-state index >= 15 is 0 Å². The number of para-hydroxylation sites is 1. The van der Waals surface area contributed by atoms with Crippen LogP contribution in [0.25, 0.3) is 10.9 Å². The van der Waals surface area contributed by atoms with Crippen molar-refractivity contribution in [1.82, 2.24) is 4.57 Å².